The van der Waals surface area contributed by atoms with E-state index in [2.05, 4.69) is 31.4 Å². The Labute approximate surface area is 128 Å². The summed E-state index contributed by atoms with van der Waals surface area (Å²) in [5, 5.41) is 6.98. The Morgan fingerprint density at radius 2 is 1.25 bits per heavy atom. The molecule has 0 aliphatic rings. The Morgan fingerprint density at radius 3 is 1.90 bits per heavy atom. The lowest BCUT2D eigenvalue weighted by molar-refractivity contribution is 0.447. The zero-order chi connectivity index (χ0) is 14.9. The molecule has 2 nitrogen and oxygen atoms in total. The third-order valence-corrected chi connectivity index (χ3v) is 3.95. The summed E-state index contributed by atoms with van der Waals surface area (Å²) in [5.41, 5.74) is 0. The summed E-state index contributed by atoms with van der Waals surface area (Å²) in [6, 6.07) is 0. The van der Waals surface area contributed by atoms with E-state index in [1.165, 1.54) is 70.8 Å². The molecule has 0 saturated heterocycles. The molecule has 0 aromatic heterocycles. The van der Waals surface area contributed by atoms with Gasteiger partial charge in [-0.05, 0) is 31.8 Å². The maximum absolute atomic E-state index is 3.56. The highest BCUT2D eigenvalue weighted by Gasteiger charge is 2.01. The van der Waals surface area contributed by atoms with Crippen LogP contribution in [0.2, 0.25) is 0 Å². The molecule has 1 unspecified atom stereocenters. The minimum atomic E-state index is 0.835. The highest BCUT2D eigenvalue weighted by atomic mass is 14.9. The first kappa shape index (κ1) is 19.9. The Morgan fingerprint density at radius 1 is 0.650 bits per heavy atom. The van der Waals surface area contributed by atoms with Crippen molar-refractivity contribution in [3.63, 3.8) is 0 Å². The van der Waals surface area contributed by atoms with Gasteiger partial charge in [-0.25, -0.2) is 0 Å². The third kappa shape index (κ3) is 16.0. The van der Waals surface area contributed by atoms with Gasteiger partial charge in [-0.2, -0.15) is 0 Å². The summed E-state index contributed by atoms with van der Waals surface area (Å²) < 4.78 is 0. The lowest BCUT2D eigenvalue weighted by atomic mass is 10.0. The molecule has 0 aromatic carbocycles. The van der Waals surface area contributed by atoms with Gasteiger partial charge < -0.3 is 10.6 Å². The Kier molecular flexibility index (Phi) is 16.9. The second kappa shape index (κ2) is 17.0. The van der Waals surface area contributed by atoms with Gasteiger partial charge in [0.05, 0.1) is 0 Å². The summed E-state index contributed by atoms with van der Waals surface area (Å²) in [6.07, 6.45) is 14.1. The second-order valence-corrected chi connectivity index (χ2v) is 6.32. The van der Waals surface area contributed by atoms with E-state index in [-0.39, 0.29) is 0 Å². The Balaban J connectivity index is 3.10. The molecule has 0 fully saturated rings. The highest BCUT2D eigenvalue weighted by Crippen LogP contribution is 2.12. The number of nitrogens with one attached hydrogen (secondary N) is 2. The fourth-order valence-corrected chi connectivity index (χ4v) is 2.56. The molecule has 0 aromatic rings. The second-order valence-electron chi connectivity index (χ2n) is 6.32. The monoisotopic (exact) mass is 284 g/mol. The van der Waals surface area contributed by atoms with E-state index in [1.54, 1.807) is 0 Å². The molecule has 0 heterocycles. The van der Waals surface area contributed by atoms with Crippen LogP contribution in [-0.4, -0.2) is 26.2 Å². The lowest BCUT2D eigenvalue weighted by Crippen LogP contribution is -2.30. The summed E-state index contributed by atoms with van der Waals surface area (Å²) in [6.45, 7) is 11.4. The van der Waals surface area contributed by atoms with Crippen LogP contribution in [0.25, 0.3) is 0 Å². The molecule has 0 amide bonds. The van der Waals surface area contributed by atoms with Crippen LogP contribution >= 0.6 is 0 Å². The van der Waals surface area contributed by atoms with Gasteiger partial charge in [0.25, 0.3) is 0 Å². The maximum Gasteiger partial charge on any atom is 0.00768 e. The molecular weight excluding hydrogens is 244 g/mol. The smallest absolute Gasteiger partial charge is 0.00768 e. The van der Waals surface area contributed by atoms with Crippen molar-refractivity contribution in [1.82, 2.24) is 10.6 Å². The molecule has 0 aliphatic heterocycles. The highest BCUT2D eigenvalue weighted by molar-refractivity contribution is 4.59. The van der Waals surface area contributed by atoms with Crippen LogP contribution in [0.3, 0.4) is 0 Å². The van der Waals surface area contributed by atoms with Crippen molar-refractivity contribution in [2.45, 2.75) is 85.0 Å². The number of rotatable bonds is 16. The van der Waals surface area contributed by atoms with Crippen LogP contribution in [0.15, 0.2) is 0 Å². The zero-order valence-corrected chi connectivity index (χ0v) is 14.5. The largest absolute Gasteiger partial charge is 0.315 e. The van der Waals surface area contributed by atoms with Crippen LogP contribution in [0, 0.1) is 5.92 Å². The van der Waals surface area contributed by atoms with Crippen molar-refractivity contribution < 1.29 is 0 Å². The molecule has 0 rings (SSSR count). The van der Waals surface area contributed by atoms with Crippen molar-refractivity contribution >= 4 is 0 Å². The molecule has 122 valence electrons. The van der Waals surface area contributed by atoms with E-state index in [4.69, 9.17) is 0 Å². The Hall–Kier alpha value is -0.0800. The van der Waals surface area contributed by atoms with Crippen LogP contribution in [0.4, 0.5) is 0 Å². The van der Waals surface area contributed by atoms with Gasteiger partial charge in [0.1, 0.15) is 0 Å². The van der Waals surface area contributed by atoms with Crippen molar-refractivity contribution in [2.24, 2.45) is 5.92 Å². The van der Waals surface area contributed by atoms with Crippen LogP contribution in [0.5, 0.6) is 0 Å². The minimum Gasteiger partial charge on any atom is -0.315 e. The molecule has 0 saturated carbocycles. The minimum absolute atomic E-state index is 0.835. The van der Waals surface area contributed by atoms with E-state index < -0.39 is 0 Å². The van der Waals surface area contributed by atoms with Crippen molar-refractivity contribution in [3.05, 3.63) is 0 Å². The summed E-state index contributed by atoms with van der Waals surface area (Å²) >= 11 is 0. The third-order valence-electron chi connectivity index (χ3n) is 3.95. The van der Waals surface area contributed by atoms with E-state index >= 15 is 0 Å². The van der Waals surface area contributed by atoms with Gasteiger partial charge >= 0.3 is 0 Å². The maximum atomic E-state index is 3.56. The molecule has 0 bridgehead atoms. The van der Waals surface area contributed by atoms with E-state index in [1.807, 2.05) is 0 Å². The average Bonchev–Trinajstić information content (AvgIpc) is 2.45. The molecule has 20 heavy (non-hydrogen) atoms. The standard InChI is InChI=1S/C18H40N2/c1-4-6-7-8-9-10-11-12-13-18(3)17-20-16-15-19-14-5-2/h18-20H,4-17H2,1-3H3. The van der Waals surface area contributed by atoms with Gasteiger partial charge in [0.15, 0.2) is 0 Å². The normalized spacial score (nSPS) is 12.8. The molecule has 2 heteroatoms. The van der Waals surface area contributed by atoms with Crippen LogP contribution < -0.4 is 10.6 Å². The summed E-state index contributed by atoms with van der Waals surface area (Å²) in [7, 11) is 0. The molecule has 1 atom stereocenters. The topological polar surface area (TPSA) is 24.1 Å². The fourth-order valence-electron chi connectivity index (χ4n) is 2.56. The molecule has 0 spiro atoms. The van der Waals surface area contributed by atoms with Gasteiger partial charge in [-0.3, -0.25) is 0 Å². The molecular formula is C18H40N2. The van der Waals surface area contributed by atoms with Crippen LogP contribution in [-0.2, 0) is 0 Å². The van der Waals surface area contributed by atoms with Crippen molar-refractivity contribution in [2.75, 3.05) is 26.2 Å². The number of hydrogen-bond acceptors (Lipinski definition) is 2. The predicted octanol–water partition coefficient (Wildman–Crippen LogP) is 4.74. The average molecular weight is 285 g/mol. The first-order chi connectivity index (χ1) is 9.81. The predicted molar refractivity (Wildman–Crippen MR) is 92.4 cm³/mol. The van der Waals surface area contributed by atoms with Crippen molar-refractivity contribution in [1.29, 1.82) is 0 Å². The summed E-state index contributed by atoms with van der Waals surface area (Å²) in [4.78, 5) is 0. The quantitative estimate of drug-likeness (QED) is 0.400. The molecule has 0 radical (unpaired) electrons. The van der Waals surface area contributed by atoms with E-state index in [9.17, 15) is 0 Å². The fraction of sp³-hybridized carbons (Fsp3) is 1.00. The van der Waals surface area contributed by atoms with Crippen LogP contribution in [0.1, 0.15) is 85.0 Å². The molecule has 0 aliphatic carbocycles. The van der Waals surface area contributed by atoms with Gasteiger partial charge in [0.2, 0.25) is 0 Å². The lowest BCUT2D eigenvalue weighted by Gasteiger charge is -2.12. The first-order valence-electron chi connectivity index (χ1n) is 9.22. The summed E-state index contributed by atoms with van der Waals surface area (Å²) in [5.74, 6) is 0.835. The van der Waals surface area contributed by atoms with E-state index in [0.717, 1.165) is 25.6 Å². The number of unbranched alkanes of at least 4 members (excludes halogenated alkanes) is 7. The van der Waals surface area contributed by atoms with Gasteiger partial charge in [-0.15, -0.1) is 0 Å². The van der Waals surface area contributed by atoms with Gasteiger partial charge in [0, 0.05) is 13.1 Å². The zero-order valence-electron chi connectivity index (χ0n) is 14.5. The van der Waals surface area contributed by atoms with Crippen molar-refractivity contribution in [3.8, 4) is 0 Å². The first-order valence-corrected chi connectivity index (χ1v) is 9.22. The number of hydrogen-bond donors (Lipinski definition) is 2. The van der Waals surface area contributed by atoms with E-state index in [0.29, 0.717) is 0 Å². The SMILES string of the molecule is CCCCCCCCCCC(C)CNCCNCCC. The molecule has 2 N–H and O–H groups in total. The Bertz CT molecular complexity index is 171. The van der Waals surface area contributed by atoms with Gasteiger partial charge in [-0.1, -0.05) is 72.1 Å².